The van der Waals surface area contributed by atoms with Crippen LogP contribution in [0.4, 0.5) is 14.9 Å². The molecule has 8 heteroatoms. The van der Waals surface area contributed by atoms with Gasteiger partial charge in [-0.05, 0) is 68.8 Å². The Kier molecular flexibility index (Phi) is 6.89. The fourth-order valence-electron chi connectivity index (χ4n) is 3.85. The number of ketones is 1. The lowest BCUT2D eigenvalue weighted by atomic mass is 9.89. The highest BCUT2D eigenvalue weighted by atomic mass is 32.1. The highest BCUT2D eigenvalue weighted by Gasteiger charge is 2.25. The molecule has 0 spiro atoms. The van der Waals surface area contributed by atoms with Crippen molar-refractivity contribution < 1.29 is 18.7 Å². The molecule has 0 saturated carbocycles. The summed E-state index contributed by atoms with van der Waals surface area (Å²) in [5.74, 6) is -0.255. The van der Waals surface area contributed by atoms with Gasteiger partial charge in [0.25, 0.3) is 0 Å². The second-order valence-electron chi connectivity index (χ2n) is 7.61. The van der Waals surface area contributed by atoms with E-state index in [2.05, 4.69) is 15.2 Å². The van der Waals surface area contributed by atoms with E-state index in [0.717, 1.165) is 49.1 Å². The van der Waals surface area contributed by atoms with Crippen molar-refractivity contribution in [2.45, 2.75) is 19.3 Å². The maximum absolute atomic E-state index is 13.0. The number of nitrogens with one attached hydrogen (secondary N) is 1. The van der Waals surface area contributed by atoms with Gasteiger partial charge in [-0.1, -0.05) is 6.07 Å². The Hall–Kier alpha value is -2.84. The number of hydrogen-bond donors (Lipinski definition) is 1. The monoisotopic (exact) mass is 441 g/mol. The molecular weight excluding hydrogens is 417 g/mol. The number of aromatic nitrogens is 1. The molecule has 0 bridgehead atoms. The summed E-state index contributed by atoms with van der Waals surface area (Å²) < 4.78 is 19.4. The van der Waals surface area contributed by atoms with Crippen LogP contribution in [0.2, 0.25) is 0 Å². The number of anilines is 1. The predicted molar refractivity (Wildman–Crippen MR) is 119 cm³/mol. The molecule has 0 atom stereocenters. The molecule has 1 amide bonds. The lowest BCUT2D eigenvalue weighted by Gasteiger charge is -2.31. The number of hydrogen-bond acceptors (Lipinski definition) is 6. The smallest absolute Gasteiger partial charge is 0.411 e. The van der Waals surface area contributed by atoms with E-state index in [0.29, 0.717) is 17.9 Å². The molecule has 4 rings (SSSR count). The lowest BCUT2D eigenvalue weighted by molar-refractivity contribution is 0.0830. The fraction of sp³-hybridized carbons (Fsp3) is 0.348. The van der Waals surface area contributed by atoms with Gasteiger partial charge >= 0.3 is 6.09 Å². The number of carbonyl (C=O) groups excluding carboxylic acids is 2. The zero-order chi connectivity index (χ0) is 21.6. The molecule has 1 aromatic heterocycles. The second kappa shape index (κ2) is 9.98. The number of piperidine rings is 1. The molecule has 31 heavy (non-hydrogen) atoms. The van der Waals surface area contributed by atoms with Crippen molar-refractivity contribution in [3.8, 4) is 0 Å². The molecule has 3 aromatic rings. The van der Waals surface area contributed by atoms with Gasteiger partial charge in [-0.3, -0.25) is 10.1 Å². The van der Waals surface area contributed by atoms with Crippen molar-refractivity contribution in [2.24, 2.45) is 5.92 Å². The number of nitrogens with zero attached hydrogens (tertiary/aromatic N) is 2. The summed E-state index contributed by atoms with van der Waals surface area (Å²) in [4.78, 5) is 31.2. The molecule has 0 aliphatic carbocycles. The lowest BCUT2D eigenvalue weighted by Crippen LogP contribution is -2.37. The number of Topliss-reactive ketones (excluding diaryl/α,β-unsaturated/α-hetero) is 1. The van der Waals surface area contributed by atoms with Crippen LogP contribution in [-0.2, 0) is 4.74 Å². The number of fused-ring (bicyclic) bond motifs is 1. The van der Waals surface area contributed by atoms with Crippen molar-refractivity contribution in [1.29, 1.82) is 0 Å². The van der Waals surface area contributed by atoms with Crippen molar-refractivity contribution in [2.75, 3.05) is 31.6 Å². The molecule has 2 aromatic carbocycles. The van der Waals surface area contributed by atoms with E-state index in [1.807, 2.05) is 12.1 Å². The number of halogens is 1. The van der Waals surface area contributed by atoms with Gasteiger partial charge in [0, 0.05) is 18.0 Å². The maximum Gasteiger partial charge on any atom is 0.411 e. The van der Waals surface area contributed by atoms with E-state index in [9.17, 15) is 14.0 Å². The van der Waals surface area contributed by atoms with E-state index in [1.165, 1.54) is 23.5 Å². The van der Waals surface area contributed by atoms with E-state index in [1.54, 1.807) is 23.7 Å². The van der Waals surface area contributed by atoms with Crippen LogP contribution in [-0.4, -0.2) is 48.0 Å². The first-order chi connectivity index (χ1) is 15.1. The number of carbonyl (C=O) groups is 2. The zero-order valence-electron chi connectivity index (χ0n) is 17.1. The fourth-order valence-corrected chi connectivity index (χ4v) is 4.56. The molecule has 6 nitrogen and oxygen atoms in total. The number of rotatable bonds is 7. The van der Waals surface area contributed by atoms with Crippen molar-refractivity contribution >= 4 is 39.1 Å². The Bertz CT molecular complexity index is 1050. The molecule has 1 fully saturated rings. The van der Waals surface area contributed by atoms with Gasteiger partial charge in [0.2, 0.25) is 0 Å². The molecule has 1 aliphatic rings. The third-order valence-corrected chi connectivity index (χ3v) is 6.33. The Morgan fingerprint density at radius 1 is 1.16 bits per heavy atom. The molecule has 1 saturated heterocycles. The first kappa shape index (κ1) is 21.4. The third kappa shape index (κ3) is 5.45. The number of ether oxygens (including phenoxy) is 1. The first-order valence-electron chi connectivity index (χ1n) is 10.4. The molecule has 1 aliphatic heterocycles. The van der Waals surface area contributed by atoms with Crippen LogP contribution in [0, 0.1) is 11.7 Å². The number of para-hydroxylation sites is 1. The van der Waals surface area contributed by atoms with Crippen molar-refractivity contribution in [3.63, 3.8) is 0 Å². The van der Waals surface area contributed by atoms with Gasteiger partial charge in [-0.25, -0.2) is 14.2 Å². The second-order valence-corrected chi connectivity index (χ2v) is 8.49. The maximum atomic E-state index is 13.0. The average molecular weight is 442 g/mol. The summed E-state index contributed by atoms with van der Waals surface area (Å²) in [5, 5.41) is 2.76. The van der Waals surface area contributed by atoms with Crippen LogP contribution in [0.1, 0.15) is 29.6 Å². The molecular formula is C23H24FN3O3S. The van der Waals surface area contributed by atoms with Crippen LogP contribution >= 0.6 is 11.3 Å². The van der Waals surface area contributed by atoms with E-state index < -0.39 is 6.09 Å². The minimum Gasteiger partial charge on any atom is -0.449 e. The standard InChI is InChI=1S/C23H24FN3O3S/c24-18-7-5-16(6-8-18)22(28)17-9-12-27(13-10-17)11-2-14-30-23(29)26-19-3-1-4-20-21(19)25-15-31-20/h1,3-8,15,17H,2,9-14H2,(H,26,29). The van der Waals surface area contributed by atoms with Gasteiger partial charge in [0.05, 0.1) is 22.5 Å². The highest BCUT2D eigenvalue weighted by molar-refractivity contribution is 7.16. The Labute approximate surface area is 184 Å². The van der Waals surface area contributed by atoms with Crippen molar-refractivity contribution in [1.82, 2.24) is 9.88 Å². The van der Waals surface area contributed by atoms with Gasteiger partial charge in [-0.15, -0.1) is 11.3 Å². The molecule has 0 unspecified atom stereocenters. The Morgan fingerprint density at radius 3 is 2.71 bits per heavy atom. The zero-order valence-corrected chi connectivity index (χ0v) is 17.9. The average Bonchev–Trinajstić information content (AvgIpc) is 3.27. The summed E-state index contributed by atoms with van der Waals surface area (Å²) >= 11 is 1.52. The van der Waals surface area contributed by atoms with Crippen LogP contribution in [0.25, 0.3) is 10.2 Å². The summed E-state index contributed by atoms with van der Waals surface area (Å²) in [5.41, 5.74) is 3.74. The van der Waals surface area contributed by atoms with Crippen LogP contribution in [0.15, 0.2) is 48.0 Å². The molecule has 2 heterocycles. The predicted octanol–water partition coefficient (Wildman–Crippen LogP) is 4.97. The van der Waals surface area contributed by atoms with E-state index in [-0.39, 0.29) is 17.5 Å². The van der Waals surface area contributed by atoms with Crippen LogP contribution < -0.4 is 5.32 Å². The van der Waals surface area contributed by atoms with Gasteiger partial charge in [0.15, 0.2) is 5.78 Å². The highest BCUT2D eigenvalue weighted by Crippen LogP contribution is 2.25. The van der Waals surface area contributed by atoms with Gasteiger partial charge in [0.1, 0.15) is 11.3 Å². The summed E-state index contributed by atoms with van der Waals surface area (Å²) in [7, 11) is 0. The summed E-state index contributed by atoms with van der Waals surface area (Å²) in [6, 6.07) is 11.4. The van der Waals surface area contributed by atoms with E-state index >= 15 is 0 Å². The van der Waals surface area contributed by atoms with Crippen LogP contribution in [0.3, 0.4) is 0 Å². The largest absolute Gasteiger partial charge is 0.449 e. The quantitative estimate of drug-likeness (QED) is 0.414. The number of likely N-dealkylation sites (tertiary alicyclic amines) is 1. The number of thiazole rings is 1. The normalized spacial score (nSPS) is 15.1. The Balaban J connectivity index is 1.15. The minimum absolute atomic E-state index is 0.0165. The SMILES string of the molecule is O=C(Nc1cccc2scnc12)OCCCN1CCC(C(=O)c2ccc(F)cc2)CC1. The number of amides is 1. The third-order valence-electron chi connectivity index (χ3n) is 5.54. The molecule has 0 radical (unpaired) electrons. The van der Waals surface area contributed by atoms with E-state index in [4.69, 9.17) is 4.74 Å². The molecule has 162 valence electrons. The number of benzene rings is 2. The first-order valence-corrected chi connectivity index (χ1v) is 11.3. The minimum atomic E-state index is -0.482. The van der Waals surface area contributed by atoms with Gasteiger partial charge in [-0.2, -0.15) is 0 Å². The van der Waals surface area contributed by atoms with Crippen molar-refractivity contribution in [3.05, 3.63) is 59.4 Å². The summed E-state index contributed by atoms with van der Waals surface area (Å²) in [6.07, 6.45) is 1.82. The summed E-state index contributed by atoms with van der Waals surface area (Å²) in [6.45, 7) is 2.80. The Morgan fingerprint density at radius 2 is 1.94 bits per heavy atom. The van der Waals surface area contributed by atoms with Gasteiger partial charge < -0.3 is 9.64 Å². The topological polar surface area (TPSA) is 71.5 Å². The molecule has 1 N–H and O–H groups in total. The van der Waals surface area contributed by atoms with Crippen LogP contribution in [0.5, 0.6) is 0 Å².